The van der Waals surface area contributed by atoms with Gasteiger partial charge in [0.1, 0.15) is 0 Å². The first kappa shape index (κ1) is 14.1. The van der Waals surface area contributed by atoms with Crippen LogP contribution in [0.3, 0.4) is 0 Å². The zero-order valence-corrected chi connectivity index (χ0v) is 11.0. The van der Waals surface area contributed by atoms with Gasteiger partial charge >= 0.3 is 0 Å². The van der Waals surface area contributed by atoms with E-state index in [1.54, 1.807) is 0 Å². The smallest absolute Gasteiger partial charge is 0.283 e. The van der Waals surface area contributed by atoms with Crippen molar-refractivity contribution in [2.75, 3.05) is 33.9 Å². The van der Waals surface area contributed by atoms with Crippen molar-refractivity contribution in [3.05, 3.63) is 11.7 Å². The molecule has 6 heteroatoms. The fourth-order valence-corrected chi connectivity index (χ4v) is 1.28. The van der Waals surface area contributed by atoms with Gasteiger partial charge in [-0.3, -0.25) is 0 Å². The molecule has 98 valence electrons. The molecule has 0 bridgehead atoms. The maximum absolute atomic E-state index is 5.38. The number of likely N-dealkylation sites (N-methyl/N-ethyl adjacent to an activating group) is 1. The SMILES string of the molecule is CCOC(OCC)c1nc(CCN(C)C)no1. The third kappa shape index (κ3) is 4.80. The highest BCUT2D eigenvalue weighted by molar-refractivity contribution is 4.88. The van der Waals surface area contributed by atoms with Gasteiger partial charge < -0.3 is 18.9 Å². The summed E-state index contributed by atoms with van der Waals surface area (Å²) in [5.41, 5.74) is 0. The first-order valence-corrected chi connectivity index (χ1v) is 5.87. The van der Waals surface area contributed by atoms with Crippen LogP contribution in [0.1, 0.15) is 31.9 Å². The Morgan fingerprint density at radius 1 is 1.24 bits per heavy atom. The Hall–Kier alpha value is -0.980. The largest absolute Gasteiger partial charge is 0.345 e. The molecule has 1 aromatic heterocycles. The molecule has 1 aromatic rings. The monoisotopic (exact) mass is 243 g/mol. The van der Waals surface area contributed by atoms with Crippen LogP contribution in [0.5, 0.6) is 0 Å². The molecule has 0 aliphatic rings. The molecule has 0 aliphatic heterocycles. The van der Waals surface area contributed by atoms with Crippen molar-refractivity contribution in [1.29, 1.82) is 0 Å². The van der Waals surface area contributed by atoms with Gasteiger partial charge in [0, 0.05) is 26.2 Å². The standard InChI is InChI=1S/C11H21N3O3/c1-5-15-11(16-6-2)10-12-9(13-17-10)7-8-14(3)4/h11H,5-8H2,1-4H3. The van der Waals surface area contributed by atoms with Gasteiger partial charge in [-0.1, -0.05) is 5.16 Å². The van der Waals surface area contributed by atoms with Gasteiger partial charge in [0.2, 0.25) is 6.29 Å². The Kier molecular flexibility index (Phi) is 6.10. The number of hydrogen-bond donors (Lipinski definition) is 0. The van der Waals surface area contributed by atoms with Crippen LogP contribution in [-0.4, -0.2) is 48.9 Å². The molecule has 0 saturated heterocycles. The predicted molar refractivity (Wildman–Crippen MR) is 62.5 cm³/mol. The number of nitrogens with zero attached hydrogens (tertiary/aromatic N) is 3. The number of hydrogen-bond acceptors (Lipinski definition) is 6. The highest BCUT2D eigenvalue weighted by Crippen LogP contribution is 2.16. The summed E-state index contributed by atoms with van der Waals surface area (Å²) in [6, 6.07) is 0. The summed E-state index contributed by atoms with van der Waals surface area (Å²) < 4.78 is 15.9. The minimum atomic E-state index is -0.550. The lowest BCUT2D eigenvalue weighted by molar-refractivity contribution is -0.155. The molecule has 0 aromatic carbocycles. The van der Waals surface area contributed by atoms with Crippen LogP contribution in [0, 0.1) is 0 Å². The lowest BCUT2D eigenvalue weighted by Gasteiger charge is -2.11. The van der Waals surface area contributed by atoms with E-state index in [0.717, 1.165) is 13.0 Å². The van der Waals surface area contributed by atoms with Gasteiger partial charge in [-0.15, -0.1) is 0 Å². The Morgan fingerprint density at radius 2 is 1.88 bits per heavy atom. The van der Waals surface area contributed by atoms with E-state index < -0.39 is 6.29 Å². The lowest BCUT2D eigenvalue weighted by atomic mass is 10.4. The molecule has 17 heavy (non-hydrogen) atoms. The topological polar surface area (TPSA) is 60.6 Å². The summed E-state index contributed by atoms with van der Waals surface area (Å²) in [4.78, 5) is 6.33. The number of rotatable bonds is 8. The molecule has 1 rings (SSSR count). The summed E-state index contributed by atoms with van der Waals surface area (Å²) in [5.74, 6) is 1.07. The second-order valence-corrected chi connectivity index (χ2v) is 3.84. The maximum Gasteiger partial charge on any atom is 0.283 e. The van der Waals surface area contributed by atoms with Gasteiger partial charge in [0.25, 0.3) is 5.89 Å². The fraction of sp³-hybridized carbons (Fsp3) is 0.818. The Morgan fingerprint density at radius 3 is 2.41 bits per heavy atom. The second-order valence-electron chi connectivity index (χ2n) is 3.84. The molecule has 0 spiro atoms. The average Bonchev–Trinajstić information content (AvgIpc) is 2.74. The number of ether oxygens (including phenoxy) is 2. The molecule has 0 aliphatic carbocycles. The zero-order chi connectivity index (χ0) is 12.7. The fourth-order valence-electron chi connectivity index (χ4n) is 1.28. The molecular formula is C11H21N3O3. The highest BCUT2D eigenvalue weighted by Gasteiger charge is 2.19. The highest BCUT2D eigenvalue weighted by atomic mass is 16.7. The lowest BCUT2D eigenvalue weighted by Crippen LogP contribution is -2.15. The van der Waals surface area contributed by atoms with Crippen molar-refractivity contribution in [2.45, 2.75) is 26.6 Å². The van der Waals surface area contributed by atoms with Crippen molar-refractivity contribution in [3.8, 4) is 0 Å². The molecule has 0 fully saturated rings. The molecule has 0 saturated carbocycles. The van der Waals surface area contributed by atoms with Crippen LogP contribution in [0.2, 0.25) is 0 Å². The van der Waals surface area contributed by atoms with Crippen LogP contribution in [0.15, 0.2) is 4.52 Å². The van der Waals surface area contributed by atoms with E-state index in [4.69, 9.17) is 14.0 Å². The van der Waals surface area contributed by atoms with E-state index in [2.05, 4.69) is 15.0 Å². The van der Waals surface area contributed by atoms with Gasteiger partial charge in [-0.2, -0.15) is 4.98 Å². The molecule has 0 radical (unpaired) electrons. The molecule has 0 amide bonds. The van der Waals surface area contributed by atoms with E-state index in [9.17, 15) is 0 Å². The van der Waals surface area contributed by atoms with E-state index in [-0.39, 0.29) is 0 Å². The van der Waals surface area contributed by atoms with Crippen LogP contribution in [0.25, 0.3) is 0 Å². The van der Waals surface area contributed by atoms with Gasteiger partial charge in [0.05, 0.1) is 0 Å². The van der Waals surface area contributed by atoms with Crippen LogP contribution < -0.4 is 0 Å². The molecule has 0 unspecified atom stereocenters. The predicted octanol–water partition coefficient (Wildman–Crippen LogP) is 1.25. The third-order valence-corrected chi connectivity index (χ3v) is 2.10. The van der Waals surface area contributed by atoms with Crippen molar-refractivity contribution < 1.29 is 14.0 Å². The average molecular weight is 243 g/mol. The Balaban J connectivity index is 2.57. The molecule has 6 nitrogen and oxygen atoms in total. The summed E-state index contributed by atoms with van der Waals surface area (Å²) in [6.45, 7) is 5.76. The zero-order valence-electron chi connectivity index (χ0n) is 11.0. The minimum Gasteiger partial charge on any atom is -0.345 e. The van der Waals surface area contributed by atoms with Gasteiger partial charge in [-0.25, -0.2) is 0 Å². The van der Waals surface area contributed by atoms with Crippen molar-refractivity contribution >= 4 is 0 Å². The third-order valence-electron chi connectivity index (χ3n) is 2.10. The molecule has 1 heterocycles. The maximum atomic E-state index is 5.38. The Labute approximate surface area is 102 Å². The van der Waals surface area contributed by atoms with Crippen molar-refractivity contribution in [1.82, 2.24) is 15.0 Å². The van der Waals surface area contributed by atoms with Crippen molar-refractivity contribution in [3.63, 3.8) is 0 Å². The second kappa shape index (κ2) is 7.37. The first-order valence-electron chi connectivity index (χ1n) is 5.87. The molecular weight excluding hydrogens is 222 g/mol. The summed E-state index contributed by atoms with van der Waals surface area (Å²) in [6.07, 6.45) is 0.201. The minimum absolute atomic E-state index is 0.391. The summed E-state index contributed by atoms with van der Waals surface area (Å²) >= 11 is 0. The normalized spacial score (nSPS) is 11.6. The van der Waals surface area contributed by atoms with Crippen LogP contribution in [-0.2, 0) is 15.9 Å². The quantitative estimate of drug-likeness (QED) is 0.640. The first-order chi connectivity index (χ1) is 8.17. The summed E-state index contributed by atoms with van der Waals surface area (Å²) in [7, 11) is 4.01. The van der Waals surface area contributed by atoms with E-state index >= 15 is 0 Å². The van der Waals surface area contributed by atoms with E-state index in [1.165, 1.54) is 0 Å². The molecule has 0 N–H and O–H groups in total. The van der Waals surface area contributed by atoms with Crippen LogP contribution in [0.4, 0.5) is 0 Å². The van der Waals surface area contributed by atoms with Crippen LogP contribution >= 0.6 is 0 Å². The summed E-state index contributed by atoms with van der Waals surface area (Å²) in [5, 5.41) is 3.90. The number of aromatic nitrogens is 2. The Bertz CT molecular complexity index is 309. The van der Waals surface area contributed by atoms with E-state index in [0.29, 0.717) is 24.9 Å². The van der Waals surface area contributed by atoms with Gasteiger partial charge in [0.15, 0.2) is 5.82 Å². The van der Waals surface area contributed by atoms with E-state index in [1.807, 2.05) is 27.9 Å². The molecule has 0 atom stereocenters. The van der Waals surface area contributed by atoms with Crippen molar-refractivity contribution in [2.24, 2.45) is 0 Å². The van der Waals surface area contributed by atoms with Gasteiger partial charge in [-0.05, 0) is 27.9 Å².